The Kier molecular flexibility index (Phi) is 2.24. The van der Waals surface area contributed by atoms with Crippen molar-refractivity contribution in [3.05, 3.63) is 23.8 Å². The molecule has 80 valence electrons. The molecule has 5 heteroatoms. The van der Waals surface area contributed by atoms with Crippen LogP contribution in [0.15, 0.2) is 18.2 Å². The Morgan fingerprint density at radius 3 is 2.60 bits per heavy atom. The lowest BCUT2D eigenvalue weighted by molar-refractivity contribution is 0.00596. The molecule has 0 atom stereocenters. The van der Waals surface area contributed by atoms with Gasteiger partial charge in [0.1, 0.15) is 0 Å². The van der Waals surface area contributed by atoms with Crippen LogP contribution in [0.25, 0.3) is 0 Å². The van der Waals surface area contributed by atoms with E-state index in [1.165, 1.54) is 0 Å². The molecule has 1 aromatic rings. The van der Waals surface area contributed by atoms with Crippen LogP contribution in [-0.2, 0) is 0 Å². The third kappa shape index (κ3) is 1.73. The number of benzene rings is 1. The molecule has 0 aromatic heterocycles. The molecule has 0 spiro atoms. The number of anilines is 2. The molecule has 1 heterocycles. The van der Waals surface area contributed by atoms with E-state index in [0.29, 0.717) is 30.0 Å². The maximum Gasteiger partial charge on any atom is 0.256 e. The molecular weight excluding hydrogens is 194 g/mol. The van der Waals surface area contributed by atoms with Crippen molar-refractivity contribution in [1.29, 1.82) is 0 Å². The van der Waals surface area contributed by atoms with E-state index in [1.807, 2.05) is 0 Å². The molecule has 0 saturated carbocycles. The van der Waals surface area contributed by atoms with Crippen LogP contribution in [0.3, 0.4) is 0 Å². The van der Waals surface area contributed by atoms with Gasteiger partial charge in [-0.3, -0.25) is 4.79 Å². The molecule has 1 fully saturated rings. The standard InChI is InChI=1S/C10H13N3O2/c11-6-1-2-8(9(12)3-6)10(15)13-4-7(14)5-13/h1-3,7,14H,4-5,11-12H2. The maximum atomic E-state index is 11.8. The minimum Gasteiger partial charge on any atom is -0.399 e. The molecule has 1 aliphatic heterocycles. The molecule has 1 aromatic carbocycles. The fourth-order valence-corrected chi connectivity index (χ4v) is 1.57. The first kappa shape index (κ1) is 9.79. The SMILES string of the molecule is Nc1ccc(C(=O)N2CC(O)C2)c(N)c1. The average Bonchev–Trinajstić information content (AvgIpc) is 2.12. The van der Waals surface area contributed by atoms with Gasteiger partial charge in [0.05, 0.1) is 11.7 Å². The Balaban J connectivity index is 2.19. The van der Waals surface area contributed by atoms with E-state index in [-0.39, 0.29) is 5.91 Å². The second kappa shape index (κ2) is 3.43. The predicted molar refractivity (Wildman–Crippen MR) is 57.2 cm³/mol. The van der Waals surface area contributed by atoms with E-state index >= 15 is 0 Å². The Labute approximate surface area is 87.3 Å². The second-order valence-corrected chi connectivity index (χ2v) is 3.71. The number of amides is 1. The number of rotatable bonds is 1. The molecule has 0 bridgehead atoms. The normalized spacial score (nSPS) is 16.2. The molecule has 5 nitrogen and oxygen atoms in total. The van der Waals surface area contributed by atoms with E-state index in [2.05, 4.69) is 0 Å². The third-order valence-corrected chi connectivity index (χ3v) is 2.46. The van der Waals surface area contributed by atoms with Crippen LogP contribution in [0.5, 0.6) is 0 Å². The van der Waals surface area contributed by atoms with E-state index in [0.717, 1.165) is 0 Å². The molecule has 5 N–H and O–H groups in total. The lowest BCUT2D eigenvalue weighted by atomic mass is 10.1. The van der Waals surface area contributed by atoms with Crippen molar-refractivity contribution >= 4 is 17.3 Å². The predicted octanol–water partition coefficient (Wildman–Crippen LogP) is -0.332. The summed E-state index contributed by atoms with van der Waals surface area (Å²) in [5.74, 6) is -0.155. The van der Waals surface area contributed by atoms with Gasteiger partial charge < -0.3 is 21.5 Å². The summed E-state index contributed by atoms with van der Waals surface area (Å²) in [6.07, 6.45) is -0.399. The van der Waals surface area contributed by atoms with Gasteiger partial charge in [-0.15, -0.1) is 0 Å². The number of nitrogen functional groups attached to an aromatic ring is 2. The first-order valence-corrected chi connectivity index (χ1v) is 4.70. The zero-order valence-electron chi connectivity index (χ0n) is 8.18. The lowest BCUT2D eigenvalue weighted by Gasteiger charge is -2.36. The van der Waals surface area contributed by atoms with Crippen molar-refractivity contribution in [2.24, 2.45) is 0 Å². The van der Waals surface area contributed by atoms with Gasteiger partial charge in [-0.25, -0.2) is 0 Å². The van der Waals surface area contributed by atoms with Crippen LogP contribution < -0.4 is 11.5 Å². The molecule has 0 unspecified atom stereocenters. The van der Waals surface area contributed by atoms with Crippen LogP contribution in [0.2, 0.25) is 0 Å². The van der Waals surface area contributed by atoms with Crippen LogP contribution in [0.1, 0.15) is 10.4 Å². The van der Waals surface area contributed by atoms with Gasteiger partial charge in [-0.05, 0) is 18.2 Å². The summed E-state index contributed by atoms with van der Waals surface area (Å²) in [6, 6.07) is 4.81. The van der Waals surface area contributed by atoms with Gasteiger partial charge in [0.15, 0.2) is 0 Å². The highest BCUT2D eigenvalue weighted by atomic mass is 16.3. The molecule has 1 saturated heterocycles. The Bertz CT molecular complexity index is 400. The first-order chi connectivity index (χ1) is 7.08. The van der Waals surface area contributed by atoms with Crippen molar-refractivity contribution in [3.8, 4) is 0 Å². The highest BCUT2D eigenvalue weighted by Gasteiger charge is 2.30. The van der Waals surface area contributed by atoms with E-state index in [4.69, 9.17) is 16.6 Å². The highest BCUT2D eigenvalue weighted by molar-refractivity contribution is 6.00. The highest BCUT2D eigenvalue weighted by Crippen LogP contribution is 2.20. The van der Waals surface area contributed by atoms with Crippen molar-refractivity contribution in [1.82, 2.24) is 4.90 Å². The Hall–Kier alpha value is -1.75. The molecule has 2 rings (SSSR count). The number of hydrogen-bond acceptors (Lipinski definition) is 4. The Morgan fingerprint density at radius 2 is 2.07 bits per heavy atom. The number of carbonyl (C=O) groups excluding carboxylic acids is 1. The van der Waals surface area contributed by atoms with Gasteiger partial charge in [-0.1, -0.05) is 0 Å². The van der Waals surface area contributed by atoms with Crippen LogP contribution >= 0.6 is 0 Å². The average molecular weight is 207 g/mol. The van der Waals surface area contributed by atoms with E-state index in [1.54, 1.807) is 23.1 Å². The second-order valence-electron chi connectivity index (χ2n) is 3.71. The summed E-state index contributed by atoms with van der Waals surface area (Å²) in [5.41, 5.74) is 12.6. The van der Waals surface area contributed by atoms with Crippen molar-refractivity contribution in [3.63, 3.8) is 0 Å². The fraction of sp³-hybridized carbons (Fsp3) is 0.300. The van der Waals surface area contributed by atoms with Gasteiger partial charge in [0.25, 0.3) is 5.91 Å². The number of hydrogen-bond donors (Lipinski definition) is 3. The number of aliphatic hydroxyl groups is 1. The van der Waals surface area contributed by atoms with Gasteiger partial charge in [0.2, 0.25) is 0 Å². The van der Waals surface area contributed by atoms with Gasteiger partial charge in [-0.2, -0.15) is 0 Å². The summed E-state index contributed by atoms with van der Waals surface area (Å²) in [6.45, 7) is 0.755. The van der Waals surface area contributed by atoms with Crippen LogP contribution in [0.4, 0.5) is 11.4 Å². The topological polar surface area (TPSA) is 92.6 Å². The summed E-state index contributed by atoms with van der Waals surface area (Å²) in [4.78, 5) is 13.3. The molecule has 1 aliphatic rings. The smallest absolute Gasteiger partial charge is 0.256 e. The number of aliphatic hydroxyl groups excluding tert-OH is 1. The van der Waals surface area contributed by atoms with Gasteiger partial charge in [0, 0.05) is 24.5 Å². The van der Waals surface area contributed by atoms with E-state index in [9.17, 15) is 4.79 Å². The molecule has 1 amide bonds. The largest absolute Gasteiger partial charge is 0.399 e. The molecular formula is C10H13N3O2. The maximum absolute atomic E-state index is 11.8. The monoisotopic (exact) mass is 207 g/mol. The number of nitrogens with two attached hydrogens (primary N) is 2. The third-order valence-electron chi connectivity index (χ3n) is 2.46. The van der Waals surface area contributed by atoms with Crippen LogP contribution in [0, 0.1) is 0 Å². The van der Waals surface area contributed by atoms with Crippen LogP contribution in [-0.4, -0.2) is 35.1 Å². The minimum atomic E-state index is -0.399. The van der Waals surface area contributed by atoms with Crippen molar-refractivity contribution in [2.75, 3.05) is 24.6 Å². The first-order valence-electron chi connectivity index (χ1n) is 4.70. The molecule has 0 radical (unpaired) electrons. The van der Waals surface area contributed by atoms with E-state index < -0.39 is 6.10 Å². The minimum absolute atomic E-state index is 0.155. The van der Waals surface area contributed by atoms with Crippen molar-refractivity contribution < 1.29 is 9.90 Å². The quantitative estimate of drug-likeness (QED) is 0.550. The fourth-order valence-electron chi connectivity index (χ4n) is 1.57. The molecule has 0 aliphatic carbocycles. The number of nitrogens with zero attached hydrogens (tertiary/aromatic N) is 1. The Morgan fingerprint density at radius 1 is 1.40 bits per heavy atom. The zero-order chi connectivity index (χ0) is 11.0. The van der Waals surface area contributed by atoms with Crippen molar-refractivity contribution in [2.45, 2.75) is 6.10 Å². The van der Waals surface area contributed by atoms with Gasteiger partial charge >= 0.3 is 0 Å². The lowest BCUT2D eigenvalue weighted by Crippen LogP contribution is -2.53. The number of β-amino-alcohol motifs (C(OH)–C–C–N with tert-alkyl or cyclic N) is 1. The zero-order valence-corrected chi connectivity index (χ0v) is 8.18. The summed E-state index contributed by atoms with van der Waals surface area (Å²) >= 11 is 0. The number of carbonyl (C=O) groups is 1. The summed E-state index contributed by atoms with van der Waals surface area (Å²) in [7, 11) is 0. The summed E-state index contributed by atoms with van der Waals surface area (Å²) < 4.78 is 0. The number of likely N-dealkylation sites (tertiary alicyclic amines) is 1. The molecule has 15 heavy (non-hydrogen) atoms. The summed E-state index contributed by atoms with van der Waals surface area (Å²) in [5, 5.41) is 9.08.